The van der Waals surface area contributed by atoms with E-state index in [-0.39, 0.29) is 12.4 Å². The lowest BCUT2D eigenvalue weighted by molar-refractivity contribution is 0.174. The van der Waals surface area contributed by atoms with Gasteiger partial charge in [-0.3, -0.25) is 4.79 Å². The topological polar surface area (TPSA) is 64.2 Å². The molecular weight excluding hydrogens is 292 g/mol. The average Bonchev–Trinajstić information content (AvgIpc) is 2.96. The minimum Gasteiger partial charge on any atom is -0.454 e. The molecule has 2 aromatic rings. The van der Waals surface area contributed by atoms with E-state index in [0.717, 1.165) is 42.5 Å². The van der Waals surface area contributed by atoms with Crippen molar-refractivity contribution in [2.75, 3.05) is 6.79 Å². The SMILES string of the molecule is O=c1[nH]c(-c2cc(Cl)c3c(c2)OCO3)nc2c1CCCC2. The first kappa shape index (κ1) is 12.7. The van der Waals surface area contributed by atoms with E-state index < -0.39 is 0 Å². The molecule has 0 amide bonds. The monoisotopic (exact) mass is 304 g/mol. The van der Waals surface area contributed by atoms with Crippen LogP contribution in [-0.4, -0.2) is 16.8 Å². The number of fused-ring (bicyclic) bond motifs is 2. The molecular formula is C15H13ClN2O3. The number of aryl methyl sites for hydroxylation is 1. The van der Waals surface area contributed by atoms with Crippen molar-refractivity contribution in [1.29, 1.82) is 0 Å². The average molecular weight is 305 g/mol. The maximum Gasteiger partial charge on any atom is 0.254 e. The van der Waals surface area contributed by atoms with Gasteiger partial charge in [0.1, 0.15) is 5.82 Å². The van der Waals surface area contributed by atoms with Gasteiger partial charge < -0.3 is 14.5 Å². The van der Waals surface area contributed by atoms with Gasteiger partial charge in [-0.1, -0.05) is 11.6 Å². The maximum absolute atomic E-state index is 12.2. The fourth-order valence-electron chi connectivity index (χ4n) is 2.84. The molecule has 1 aromatic heterocycles. The first-order valence-electron chi connectivity index (χ1n) is 6.94. The molecule has 0 radical (unpaired) electrons. The molecule has 0 bridgehead atoms. The number of hydrogen-bond acceptors (Lipinski definition) is 4. The van der Waals surface area contributed by atoms with Crippen LogP contribution in [0.4, 0.5) is 0 Å². The molecule has 0 spiro atoms. The highest BCUT2D eigenvalue weighted by molar-refractivity contribution is 6.32. The molecule has 1 aromatic carbocycles. The molecule has 5 nitrogen and oxygen atoms in total. The molecule has 108 valence electrons. The van der Waals surface area contributed by atoms with E-state index in [2.05, 4.69) is 9.97 Å². The summed E-state index contributed by atoms with van der Waals surface area (Å²) in [6, 6.07) is 3.53. The van der Waals surface area contributed by atoms with Gasteiger partial charge in [-0.05, 0) is 37.8 Å². The number of nitrogens with zero attached hydrogens (tertiary/aromatic N) is 1. The van der Waals surface area contributed by atoms with Gasteiger partial charge in [0.25, 0.3) is 5.56 Å². The lowest BCUT2D eigenvalue weighted by Crippen LogP contribution is -2.21. The third kappa shape index (κ3) is 2.08. The Morgan fingerprint density at radius 1 is 1.19 bits per heavy atom. The molecule has 2 heterocycles. The number of aromatic nitrogens is 2. The van der Waals surface area contributed by atoms with E-state index in [1.54, 1.807) is 12.1 Å². The van der Waals surface area contributed by atoms with Gasteiger partial charge in [0.05, 0.1) is 10.7 Å². The molecule has 2 aliphatic rings. The van der Waals surface area contributed by atoms with Crippen molar-refractivity contribution in [3.63, 3.8) is 0 Å². The Kier molecular flexibility index (Phi) is 2.89. The Morgan fingerprint density at radius 3 is 2.95 bits per heavy atom. The van der Waals surface area contributed by atoms with Gasteiger partial charge in [-0.15, -0.1) is 0 Å². The van der Waals surface area contributed by atoms with Crippen LogP contribution < -0.4 is 15.0 Å². The van der Waals surface area contributed by atoms with E-state index >= 15 is 0 Å². The minimum absolute atomic E-state index is 0.0523. The van der Waals surface area contributed by atoms with E-state index in [1.165, 1.54) is 0 Å². The number of rotatable bonds is 1. The Balaban J connectivity index is 1.86. The summed E-state index contributed by atoms with van der Waals surface area (Å²) in [6.45, 7) is 0.159. The summed E-state index contributed by atoms with van der Waals surface area (Å²) in [5.41, 5.74) is 2.39. The predicted molar refractivity (Wildman–Crippen MR) is 78.1 cm³/mol. The van der Waals surface area contributed by atoms with Gasteiger partial charge in [-0.2, -0.15) is 0 Å². The summed E-state index contributed by atoms with van der Waals surface area (Å²) in [4.78, 5) is 19.6. The van der Waals surface area contributed by atoms with E-state index in [9.17, 15) is 4.79 Å². The van der Waals surface area contributed by atoms with Gasteiger partial charge >= 0.3 is 0 Å². The van der Waals surface area contributed by atoms with Crippen molar-refractivity contribution in [2.24, 2.45) is 0 Å². The van der Waals surface area contributed by atoms with Crippen LogP contribution >= 0.6 is 11.6 Å². The number of ether oxygens (including phenoxy) is 2. The minimum atomic E-state index is -0.0523. The van der Waals surface area contributed by atoms with Crippen LogP contribution in [0.2, 0.25) is 5.02 Å². The smallest absolute Gasteiger partial charge is 0.254 e. The second-order valence-electron chi connectivity index (χ2n) is 5.24. The molecule has 0 saturated carbocycles. The van der Waals surface area contributed by atoms with Crippen LogP contribution in [0, 0.1) is 0 Å². The highest BCUT2D eigenvalue weighted by Gasteiger charge is 2.21. The Bertz CT molecular complexity index is 785. The van der Waals surface area contributed by atoms with Crippen molar-refractivity contribution in [3.05, 3.63) is 38.8 Å². The largest absolute Gasteiger partial charge is 0.454 e. The normalized spacial score (nSPS) is 15.9. The molecule has 6 heteroatoms. The first-order valence-corrected chi connectivity index (χ1v) is 7.32. The van der Waals surface area contributed by atoms with Crippen molar-refractivity contribution in [2.45, 2.75) is 25.7 Å². The quantitative estimate of drug-likeness (QED) is 0.880. The Hall–Kier alpha value is -2.01. The number of nitrogens with one attached hydrogen (secondary N) is 1. The highest BCUT2D eigenvalue weighted by Crippen LogP contribution is 2.41. The van der Waals surface area contributed by atoms with Gasteiger partial charge in [-0.25, -0.2) is 4.98 Å². The fraction of sp³-hybridized carbons (Fsp3) is 0.333. The van der Waals surface area contributed by atoms with Gasteiger partial charge in [0.15, 0.2) is 11.5 Å². The summed E-state index contributed by atoms with van der Waals surface area (Å²) in [7, 11) is 0. The van der Waals surface area contributed by atoms with Crippen LogP contribution in [-0.2, 0) is 12.8 Å². The third-order valence-electron chi connectivity index (χ3n) is 3.89. The fourth-order valence-corrected chi connectivity index (χ4v) is 3.11. The van der Waals surface area contributed by atoms with E-state index in [1.807, 2.05) is 0 Å². The van der Waals surface area contributed by atoms with Crippen LogP contribution in [0.15, 0.2) is 16.9 Å². The van der Waals surface area contributed by atoms with Crippen molar-refractivity contribution >= 4 is 11.6 Å². The summed E-state index contributed by atoms with van der Waals surface area (Å²) in [5.74, 6) is 1.65. The molecule has 0 atom stereocenters. The number of H-pyrrole nitrogens is 1. The maximum atomic E-state index is 12.2. The van der Waals surface area contributed by atoms with Gasteiger partial charge in [0.2, 0.25) is 6.79 Å². The van der Waals surface area contributed by atoms with Crippen LogP contribution in [0.3, 0.4) is 0 Å². The van der Waals surface area contributed by atoms with Crippen LogP contribution in [0.1, 0.15) is 24.1 Å². The van der Waals surface area contributed by atoms with E-state index in [4.69, 9.17) is 21.1 Å². The summed E-state index contributed by atoms with van der Waals surface area (Å²) < 4.78 is 10.6. The Labute approximate surface area is 125 Å². The molecule has 1 aliphatic carbocycles. The predicted octanol–water partition coefficient (Wildman–Crippen LogP) is 2.70. The van der Waals surface area contributed by atoms with Crippen LogP contribution in [0.5, 0.6) is 11.5 Å². The zero-order valence-electron chi connectivity index (χ0n) is 11.2. The van der Waals surface area contributed by atoms with E-state index in [0.29, 0.717) is 22.3 Å². The lowest BCUT2D eigenvalue weighted by atomic mass is 9.97. The second kappa shape index (κ2) is 4.77. The molecule has 1 N–H and O–H groups in total. The second-order valence-corrected chi connectivity index (χ2v) is 5.65. The molecule has 4 rings (SSSR count). The number of halogens is 1. The first-order chi connectivity index (χ1) is 10.2. The van der Waals surface area contributed by atoms with Gasteiger partial charge in [0, 0.05) is 11.1 Å². The Morgan fingerprint density at radius 2 is 2.05 bits per heavy atom. The zero-order chi connectivity index (χ0) is 14.4. The van der Waals surface area contributed by atoms with Crippen molar-refractivity contribution in [3.8, 4) is 22.9 Å². The summed E-state index contributed by atoms with van der Waals surface area (Å²) >= 11 is 6.18. The highest BCUT2D eigenvalue weighted by atomic mass is 35.5. The van der Waals surface area contributed by atoms with Crippen LogP contribution in [0.25, 0.3) is 11.4 Å². The molecule has 0 unspecified atom stereocenters. The van der Waals surface area contributed by atoms with Crippen molar-refractivity contribution < 1.29 is 9.47 Å². The standard InChI is InChI=1S/C15H13ClN2O3/c16-10-5-8(6-12-13(10)21-7-20-12)14-17-11-4-2-1-3-9(11)15(19)18-14/h5-6H,1-4,7H2,(H,17,18,19). The zero-order valence-corrected chi connectivity index (χ0v) is 12.0. The number of benzene rings is 1. The summed E-state index contributed by atoms with van der Waals surface area (Å²) in [6.07, 6.45) is 3.78. The molecule has 0 saturated heterocycles. The number of hydrogen-bond donors (Lipinski definition) is 1. The molecule has 1 aliphatic heterocycles. The third-order valence-corrected chi connectivity index (χ3v) is 4.17. The molecule has 21 heavy (non-hydrogen) atoms. The molecule has 0 fully saturated rings. The summed E-state index contributed by atoms with van der Waals surface area (Å²) in [5, 5.41) is 0.459. The number of aromatic amines is 1. The van der Waals surface area contributed by atoms with Crippen molar-refractivity contribution in [1.82, 2.24) is 9.97 Å². The lowest BCUT2D eigenvalue weighted by Gasteiger charge is -2.14.